The average Bonchev–Trinajstić information content (AvgIpc) is 2.93. The molecule has 0 aromatic heterocycles. The standard InChI is InChI=1S/C33H41NO3/c1-33(2,3)29-18-16-28(17-19-29)32(35)36-25-11-10-22-34-23-20-30(21-24-34)37-31(26-12-6-4-7-13-26)27-14-8-5-9-15-27/h4-9,12-19,30-31H,10-11,20-25H2,1-3H3. The summed E-state index contributed by atoms with van der Waals surface area (Å²) in [5, 5.41) is 0. The number of benzene rings is 3. The van der Waals surface area contributed by atoms with Crippen molar-refractivity contribution in [2.45, 2.75) is 64.1 Å². The second-order valence-electron chi connectivity index (χ2n) is 11.0. The molecule has 0 amide bonds. The SMILES string of the molecule is CC(C)(C)c1ccc(C(=O)OCCCCN2CCC(OC(c3ccccc3)c3ccccc3)CC2)cc1. The third kappa shape index (κ3) is 8.02. The molecule has 0 unspecified atom stereocenters. The van der Waals surface area contributed by atoms with E-state index in [1.807, 2.05) is 24.3 Å². The molecule has 196 valence electrons. The fourth-order valence-corrected chi connectivity index (χ4v) is 4.86. The summed E-state index contributed by atoms with van der Waals surface area (Å²) in [6.07, 6.45) is 4.21. The topological polar surface area (TPSA) is 38.8 Å². The van der Waals surface area contributed by atoms with E-state index in [0.717, 1.165) is 45.3 Å². The van der Waals surface area contributed by atoms with Crippen LogP contribution in [0.5, 0.6) is 0 Å². The number of piperidine rings is 1. The summed E-state index contributed by atoms with van der Waals surface area (Å²) >= 11 is 0. The van der Waals surface area contributed by atoms with Gasteiger partial charge in [0.2, 0.25) is 0 Å². The molecule has 37 heavy (non-hydrogen) atoms. The first-order valence-electron chi connectivity index (χ1n) is 13.7. The number of carbonyl (C=O) groups is 1. The van der Waals surface area contributed by atoms with Crippen molar-refractivity contribution in [3.8, 4) is 0 Å². The summed E-state index contributed by atoms with van der Waals surface area (Å²) in [6, 6.07) is 28.8. The molecular formula is C33H41NO3. The summed E-state index contributed by atoms with van der Waals surface area (Å²) in [5.41, 5.74) is 4.33. The van der Waals surface area contributed by atoms with Crippen LogP contribution in [-0.2, 0) is 14.9 Å². The molecule has 0 N–H and O–H groups in total. The zero-order valence-electron chi connectivity index (χ0n) is 22.6. The predicted molar refractivity (Wildman–Crippen MR) is 150 cm³/mol. The van der Waals surface area contributed by atoms with Gasteiger partial charge >= 0.3 is 5.97 Å². The first kappa shape index (κ1) is 27.1. The lowest BCUT2D eigenvalue weighted by atomic mass is 9.87. The van der Waals surface area contributed by atoms with Crippen LogP contribution in [0.4, 0.5) is 0 Å². The number of ether oxygens (including phenoxy) is 2. The van der Waals surface area contributed by atoms with Gasteiger partial charge in [0.05, 0.1) is 18.3 Å². The van der Waals surface area contributed by atoms with Crippen molar-refractivity contribution in [3.05, 3.63) is 107 Å². The van der Waals surface area contributed by atoms with Gasteiger partial charge in [-0.05, 0) is 66.5 Å². The van der Waals surface area contributed by atoms with Crippen molar-refractivity contribution < 1.29 is 14.3 Å². The molecule has 0 saturated carbocycles. The van der Waals surface area contributed by atoms with Crippen LogP contribution in [0.1, 0.15) is 79.6 Å². The number of rotatable bonds is 10. The fraction of sp³-hybridized carbons (Fsp3) is 0.424. The van der Waals surface area contributed by atoms with Gasteiger partial charge in [-0.1, -0.05) is 93.6 Å². The van der Waals surface area contributed by atoms with Crippen LogP contribution in [0.3, 0.4) is 0 Å². The van der Waals surface area contributed by atoms with E-state index in [4.69, 9.17) is 9.47 Å². The molecule has 4 nitrogen and oxygen atoms in total. The monoisotopic (exact) mass is 499 g/mol. The molecule has 4 heteroatoms. The van der Waals surface area contributed by atoms with Gasteiger partial charge in [0, 0.05) is 13.1 Å². The summed E-state index contributed by atoms with van der Waals surface area (Å²) in [4.78, 5) is 14.9. The van der Waals surface area contributed by atoms with Crippen molar-refractivity contribution in [3.63, 3.8) is 0 Å². The van der Waals surface area contributed by atoms with E-state index in [0.29, 0.717) is 12.2 Å². The Balaban J connectivity index is 1.16. The van der Waals surface area contributed by atoms with E-state index in [2.05, 4.69) is 86.3 Å². The molecule has 3 aromatic carbocycles. The molecule has 4 rings (SSSR count). The largest absolute Gasteiger partial charge is 0.462 e. The molecule has 1 fully saturated rings. The summed E-state index contributed by atoms with van der Waals surface area (Å²) < 4.78 is 12.2. The third-order valence-corrected chi connectivity index (χ3v) is 7.16. The van der Waals surface area contributed by atoms with Crippen LogP contribution in [0.15, 0.2) is 84.9 Å². The van der Waals surface area contributed by atoms with Gasteiger partial charge in [-0.3, -0.25) is 0 Å². The minimum atomic E-state index is -0.232. The average molecular weight is 500 g/mol. The maximum atomic E-state index is 12.4. The van der Waals surface area contributed by atoms with Crippen molar-refractivity contribution >= 4 is 5.97 Å². The molecule has 0 atom stereocenters. The van der Waals surface area contributed by atoms with E-state index >= 15 is 0 Å². The first-order valence-corrected chi connectivity index (χ1v) is 13.7. The highest BCUT2D eigenvalue weighted by Gasteiger charge is 2.24. The van der Waals surface area contributed by atoms with E-state index in [1.165, 1.54) is 16.7 Å². The van der Waals surface area contributed by atoms with Crippen LogP contribution >= 0.6 is 0 Å². The highest BCUT2D eigenvalue weighted by molar-refractivity contribution is 5.89. The molecule has 0 radical (unpaired) electrons. The van der Waals surface area contributed by atoms with E-state index in [1.54, 1.807) is 0 Å². The Morgan fingerprint density at radius 2 is 1.41 bits per heavy atom. The van der Waals surface area contributed by atoms with Crippen molar-refractivity contribution in [2.24, 2.45) is 0 Å². The maximum Gasteiger partial charge on any atom is 0.338 e. The second kappa shape index (κ2) is 13.0. The number of likely N-dealkylation sites (tertiary alicyclic amines) is 1. The lowest BCUT2D eigenvalue weighted by Gasteiger charge is -2.34. The Bertz CT molecular complexity index is 1040. The van der Waals surface area contributed by atoms with Crippen LogP contribution < -0.4 is 0 Å². The van der Waals surface area contributed by atoms with Crippen molar-refractivity contribution in [2.75, 3.05) is 26.2 Å². The predicted octanol–water partition coefficient (Wildman–Crippen LogP) is 7.19. The van der Waals surface area contributed by atoms with Gasteiger partial charge in [0.15, 0.2) is 0 Å². The zero-order valence-corrected chi connectivity index (χ0v) is 22.6. The van der Waals surface area contributed by atoms with Crippen molar-refractivity contribution in [1.29, 1.82) is 0 Å². The number of hydrogen-bond donors (Lipinski definition) is 0. The molecule has 1 aliphatic rings. The number of hydrogen-bond acceptors (Lipinski definition) is 4. The molecule has 1 aliphatic heterocycles. The Kier molecular flexibility index (Phi) is 9.54. The van der Waals surface area contributed by atoms with Gasteiger partial charge in [-0.2, -0.15) is 0 Å². The van der Waals surface area contributed by atoms with Crippen LogP contribution in [0.2, 0.25) is 0 Å². The normalized spacial score (nSPS) is 15.1. The van der Waals surface area contributed by atoms with E-state index in [-0.39, 0.29) is 23.6 Å². The summed E-state index contributed by atoms with van der Waals surface area (Å²) in [5.74, 6) is -0.232. The number of unbranched alkanes of at least 4 members (excludes halogenated alkanes) is 1. The molecule has 0 aliphatic carbocycles. The number of carbonyl (C=O) groups excluding carboxylic acids is 1. The Morgan fingerprint density at radius 3 is 1.95 bits per heavy atom. The smallest absolute Gasteiger partial charge is 0.338 e. The minimum Gasteiger partial charge on any atom is -0.462 e. The minimum absolute atomic E-state index is 0.0294. The van der Waals surface area contributed by atoms with Crippen LogP contribution in [0.25, 0.3) is 0 Å². The van der Waals surface area contributed by atoms with Crippen molar-refractivity contribution in [1.82, 2.24) is 4.90 Å². The molecule has 0 spiro atoms. The van der Waals surface area contributed by atoms with Gasteiger partial charge < -0.3 is 14.4 Å². The van der Waals surface area contributed by atoms with E-state index in [9.17, 15) is 4.79 Å². The lowest BCUT2D eigenvalue weighted by molar-refractivity contribution is -0.0272. The summed E-state index contributed by atoms with van der Waals surface area (Å²) in [6.45, 7) is 10.1. The number of nitrogens with zero attached hydrogens (tertiary/aromatic N) is 1. The molecule has 3 aromatic rings. The lowest BCUT2D eigenvalue weighted by Crippen LogP contribution is -2.38. The highest BCUT2D eigenvalue weighted by atomic mass is 16.5. The van der Waals surface area contributed by atoms with Gasteiger partial charge in [0.1, 0.15) is 6.10 Å². The molecule has 1 saturated heterocycles. The van der Waals surface area contributed by atoms with Gasteiger partial charge in [-0.25, -0.2) is 4.79 Å². The molecule has 0 bridgehead atoms. The Morgan fingerprint density at radius 1 is 0.838 bits per heavy atom. The third-order valence-electron chi connectivity index (χ3n) is 7.16. The Labute approximate surface area is 222 Å². The van der Waals surface area contributed by atoms with Gasteiger partial charge in [-0.15, -0.1) is 0 Å². The fourth-order valence-electron chi connectivity index (χ4n) is 4.86. The first-order chi connectivity index (χ1) is 17.9. The Hall–Kier alpha value is -2.95. The van der Waals surface area contributed by atoms with Crippen LogP contribution in [-0.4, -0.2) is 43.2 Å². The maximum absolute atomic E-state index is 12.4. The molecular weight excluding hydrogens is 458 g/mol. The van der Waals surface area contributed by atoms with Gasteiger partial charge in [0.25, 0.3) is 0 Å². The van der Waals surface area contributed by atoms with Crippen LogP contribution in [0, 0.1) is 0 Å². The van der Waals surface area contributed by atoms with E-state index < -0.39 is 0 Å². The summed E-state index contributed by atoms with van der Waals surface area (Å²) in [7, 11) is 0. The molecule has 1 heterocycles. The number of esters is 1. The highest BCUT2D eigenvalue weighted by Crippen LogP contribution is 2.30. The zero-order chi connectivity index (χ0) is 26.1. The second-order valence-corrected chi connectivity index (χ2v) is 11.0. The quantitative estimate of drug-likeness (QED) is 0.219.